The number of aromatic nitrogens is 1. The van der Waals surface area contributed by atoms with Crippen LogP contribution in [0.25, 0.3) is 32.1 Å². The Morgan fingerprint density at radius 3 is 2.53 bits per heavy atom. The molecule has 0 amide bonds. The van der Waals surface area contributed by atoms with E-state index < -0.39 is 0 Å². The summed E-state index contributed by atoms with van der Waals surface area (Å²) >= 11 is 1.47. The molecular weight excluding hydrogens is 416 g/mol. The summed E-state index contributed by atoms with van der Waals surface area (Å²) in [6, 6.07) is 12.8. The Balaban J connectivity index is 0.00000218. The number of aryl methyl sites for hydroxylation is 1. The Hall–Kier alpha value is -2.34. The molecule has 1 aliphatic carbocycles. The molecule has 1 fully saturated rings. The molecule has 0 radical (unpaired) electrons. The minimum Gasteiger partial charge on any atom is -0.496 e. The van der Waals surface area contributed by atoms with Crippen molar-refractivity contribution in [1.29, 1.82) is 0 Å². The first kappa shape index (κ1) is 20.9. The van der Waals surface area contributed by atoms with Gasteiger partial charge in [-0.25, -0.2) is 0 Å². The molecule has 5 rings (SSSR count). The fourth-order valence-corrected chi connectivity index (χ4v) is 5.52. The molecule has 0 saturated heterocycles. The van der Waals surface area contributed by atoms with Crippen molar-refractivity contribution in [2.75, 3.05) is 13.7 Å². The number of pyridine rings is 1. The first-order valence-corrected chi connectivity index (χ1v) is 10.9. The van der Waals surface area contributed by atoms with E-state index in [4.69, 9.17) is 10.5 Å². The Kier molecular flexibility index (Phi) is 5.39. The summed E-state index contributed by atoms with van der Waals surface area (Å²) in [5.74, 6) is 0.819. The number of aromatic amines is 1. The van der Waals surface area contributed by atoms with Crippen LogP contribution in [0.1, 0.15) is 30.4 Å². The van der Waals surface area contributed by atoms with Gasteiger partial charge in [0.1, 0.15) is 10.4 Å². The Labute approximate surface area is 185 Å². The van der Waals surface area contributed by atoms with E-state index >= 15 is 0 Å². The predicted molar refractivity (Wildman–Crippen MR) is 129 cm³/mol. The third kappa shape index (κ3) is 2.96. The summed E-state index contributed by atoms with van der Waals surface area (Å²) in [5, 5.41) is 4.00. The zero-order valence-electron chi connectivity index (χ0n) is 17.1. The molecule has 2 aromatic carbocycles. The maximum absolute atomic E-state index is 12.5. The number of hydrogen-bond acceptors (Lipinski definition) is 4. The third-order valence-electron chi connectivity index (χ3n) is 6.57. The highest BCUT2D eigenvalue weighted by atomic mass is 35.5. The summed E-state index contributed by atoms with van der Waals surface area (Å²) in [6.07, 6.45) is 3.58. The molecule has 0 atom stereocenters. The van der Waals surface area contributed by atoms with Gasteiger partial charge in [-0.1, -0.05) is 30.7 Å². The van der Waals surface area contributed by atoms with Gasteiger partial charge in [0.05, 0.1) is 12.6 Å². The molecule has 3 N–H and O–H groups in total. The molecule has 6 heteroatoms. The quantitative estimate of drug-likeness (QED) is 0.438. The van der Waals surface area contributed by atoms with E-state index in [1.807, 2.05) is 24.4 Å². The number of methoxy groups -OCH3 is 1. The van der Waals surface area contributed by atoms with E-state index in [9.17, 15) is 4.79 Å². The molecule has 0 aliphatic heterocycles. The molecule has 0 spiro atoms. The minimum atomic E-state index is -0.0352. The second-order valence-electron chi connectivity index (χ2n) is 8.05. The van der Waals surface area contributed by atoms with Crippen molar-refractivity contribution in [3.8, 4) is 16.9 Å². The van der Waals surface area contributed by atoms with Crippen LogP contribution >= 0.6 is 23.7 Å². The maximum Gasteiger partial charge on any atom is 0.266 e. The first-order valence-electron chi connectivity index (χ1n) is 10.00. The van der Waals surface area contributed by atoms with E-state index in [2.05, 4.69) is 29.2 Å². The SMILES string of the molecule is COc1cc(C)c2[nH]c(=O)c3sccc3c2c1-c1ccc(C2(CN)CCC2)cc1.Cl. The molecular formula is C24H25ClN2O2S. The molecule has 2 heterocycles. The monoisotopic (exact) mass is 440 g/mol. The Morgan fingerprint density at radius 2 is 1.93 bits per heavy atom. The highest BCUT2D eigenvalue weighted by Crippen LogP contribution is 2.45. The Bertz CT molecular complexity index is 1280. The van der Waals surface area contributed by atoms with Gasteiger partial charge in [0.25, 0.3) is 5.56 Å². The standard InChI is InChI=1S/C24H24N2O2S.ClH/c1-14-12-18(28-2)19(20-17-8-11-29-22(17)23(27)26-21(14)20)15-4-6-16(7-5-15)24(13-25)9-3-10-24;/h4-8,11-12H,3,9-10,13,25H2,1-2H3,(H,26,27);1H. The van der Waals surface area contributed by atoms with Gasteiger partial charge in [-0.15, -0.1) is 23.7 Å². The van der Waals surface area contributed by atoms with E-state index in [-0.39, 0.29) is 23.4 Å². The summed E-state index contributed by atoms with van der Waals surface area (Å²) < 4.78 is 6.54. The molecule has 4 nitrogen and oxygen atoms in total. The van der Waals surface area contributed by atoms with E-state index in [0.29, 0.717) is 6.54 Å². The number of ether oxygens (including phenoxy) is 1. The van der Waals surface area contributed by atoms with Crippen molar-refractivity contribution in [2.24, 2.45) is 5.73 Å². The number of fused-ring (bicyclic) bond motifs is 3. The third-order valence-corrected chi connectivity index (χ3v) is 7.49. The summed E-state index contributed by atoms with van der Waals surface area (Å²) in [4.78, 5) is 15.6. The number of halogens is 1. The molecule has 0 unspecified atom stereocenters. The topological polar surface area (TPSA) is 68.1 Å². The molecule has 1 saturated carbocycles. The van der Waals surface area contributed by atoms with Crippen LogP contribution in [0.15, 0.2) is 46.6 Å². The van der Waals surface area contributed by atoms with Crippen LogP contribution in [-0.2, 0) is 5.41 Å². The number of nitrogens with one attached hydrogen (secondary N) is 1. The number of H-pyrrole nitrogens is 1. The summed E-state index contributed by atoms with van der Waals surface area (Å²) in [7, 11) is 1.70. The predicted octanol–water partition coefficient (Wildman–Crippen LogP) is 5.53. The van der Waals surface area contributed by atoms with Gasteiger partial charge in [0, 0.05) is 28.3 Å². The van der Waals surface area contributed by atoms with Crippen LogP contribution in [0.3, 0.4) is 0 Å². The maximum atomic E-state index is 12.5. The molecule has 30 heavy (non-hydrogen) atoms. The van der Waals surface area contributed by atoms with Crippen LogP contribution in [0, 0.1) is 6.92 Å². The number of thiophene rings is 1. The van der Waals surface area contributed by atoms with E-state index in [1.165, 1.54) is 23.3 Å². The lowest BCUT2D eigenvalue weighted by Gasteiger charge is -2.41. The van der Waals surface area contributed by atoms with Gasteiger partial charge in [-0.2, -0.15) is 0 Å². The van der Waals surface area contributed by atoms with Gasteiger partial charge < -0.3 is 15.5 Å². The average Bonchev–Trinajstić information content (AvgIpc) is 3.19. The molecule has 156 valence electrons. The van der Waals surface area contributed by atoms with Crippen molar-refractivity contribution in [1.82, 2.24) is 4.98 Å². The van der Waals surface area contributed by atoms with Crippen molar-refractivity contribution < 1.29 is 4.74 Å². The van der Waals surface area contributed by atoms with Gasteiger partial charge in [-0.05, 0) is 54.0 Å². The van der Waals surface area contributed by atoms with Crippen LogP contribution in [-0.4, -0.2) is 18.6 Å². The largest absolute Gasteiger partial charge is 0.496 e. The number of nitrogens with two attached hydrogens (primary N) is 1. The van der Waals surface area contributed by atoms with Crippen molar-refractivity contribution >= 4 is 44.7 Å². The second-order valence-corrected chi connectivity index (χ2v) is 8.97. The summed E-state index contributed by atoms with van der Waals surface area (Å²) in [6.45, 7) is 2.70. The van der Waals surface area contributed by atoms with Crippen LogP contribution < -0.4 is 16.0 Å². The zero-order valence-corrected chi connectivity index (χ0v) is 18.7. The smallest absolute Gasteiger partial charge is 0.266 e. The van der Waals surface area contributed by atoms with Crippen molar-refractivity contribution in [2.45, 2.75) is 31.6 Å². The fourth-order valence-electron chi connectivity index (χ4n) is 4.72. The minimum absolute atomic E-state index is 0. The molecule has 0 bridgehead atoms. The normalized spacial score (nSPS) is 15.0. The Morgan fingerprint density at radius 1 is 1.20 bits per heavy atom. The lowest BCUT2D eigenvalue weighted by atomic mass is 9.64. The zero-order chi connectivity index (χ0) is 20.2. The molecule has 4 aromatic rings. The van der Waals surface area contributed by atoms with Gasteiger partial charge in [0.15, 0.2) is 0 Å². The number of rotatable bonds is 4. The van der Waals surface area contributed by atoms with Crippen LogP contribution in [0.5, 0.6) is 5.75 Å². The lowest BCUT2D eigenvalue weighted by Crippen LogP contribution is -2.41. The fraction of sp³-hybridized carbons (Fsp3) is 0.292. The summed E-state index contributed by atoms with van der Waals surface area (Å²) in [5.41, 5.74) is 11.5. The van der Waals surface area contributed by atoms with Crippen molar-refractivity contribution in [3.63, 3.8) is 0 Å². The average molecular weight is 441 g/mol. The van der Waals surface area contributed by atoms with Gasteiger partial charge in [-0.3, -0.25) is 4.79 Å². The van der Waals surface area contributed by atoms with Gasteiger partial charge in [0.2, 0.25) is 0 Å². The van der Waals surface area contributed by atoms with E-state index in [0.717, 1.165) is 56.3 Å². The molecule has 2 aromatic heterocycles. The van der Waals surface area contributed by atoms with Crippen LogP contribution in [0.2, 0.25) is 0 Å². The lowest BCUT2D eigenvalue weighted by molar-refractivity contribution is 0.253. The van der Waals surface area contributed by atoms with Crippen molar-refractivity contribution in [3.05, 3.63) is 63.3 Å². The second kappa shape index (κ2) is 7.73. The van der Waals surface area contributed by atoms with Crippen LogP contribution in [0.4, 0.5) is 0 Å². The van der Waals surface area contributed by atoms with Gasteiger partial charge >= 0.3 is 0 Å². The molecule has 1 aliphatic rings. The highest BCUT2D eigenvalue weighted by Gasteiger charge is 2.37. The number of benzene rings is 2. The number of hydrogen-bond donors (Lipinski definition) is 2. The van der Waals surface area contributed by atoms with E-state index in [1.54, 1.807) is 7.11 Å². The first-order chi connectivity index (χ1) is 14.1. The highest BCUT2D eigenvalue weighted by molar-refractivity contribution is 7.17.